The summed E-state index contributed by atoms with van der Waals surface area (Å²) in [6.45, 7) is 0. The van der Waals surface area contributed by atoms with E-state index in [2.05, 4.69) is 10.5 Å². The second-order valence-corrected chi connectivity index (χ2v) is 4.13. The fourth-order valence-corrected chi connectivity index (χ4v) is 1.79. The van der Waals surface area contributed by atoms with Gasteiger partial charge >= 0.3 is 0 Å². The van der Waals surface area contributed by atoms with E-state index in [0.29, 0.717) is 11.3 Å². The van der Waals surface area contributed by atoms with Gasteiger partial charge in [0.05, 0.1) is 11.6 Å². The topological polar surface area (TPSA) is 41.5 Å². The van der Waals surface area contributed by atoms with Crippen LogP contribution in [-0.4, -0.2) is 17.5 Å². The van der Waals surface area contributed by atoms with Crippen LogP contribution in [0.4, 0.5) is 0 Å². The Labute approximate surface area is 116 Å². The van der Waals surface area contributed by atoms with Crippen molar-refractivity contribution in [3.63, 3.8) is 0 Å². The summed E-state index contributed by atoms with van der Waals surface area (Å²) in [5.41, 5.74) is 4.60. The van der Waals surface area contributed by atoms with Crippen molar-refractivity contribution in [2.45, 2.75) is 0 Å². The summed E-state index contributed by atoms with van der Waals surface area (Å²) < 4.78 is 0. The zero-order chi connectivity index (χ0) is 13.5. The Balaban J connectivity index is 2.11. The monoisotopic (exact) mass is 272 g/mol. The first-order valence-corrected chi connectivity index (χ1v) is 6.38. The van der Waals surface area contributed by atoms with Crippen LogP contribution in [0.1, 0.15) is 15.9 Å². The number of amides is 1. The Hall–Kier alpha value is -2.13. The van der Waals surface area contributed by atoms with Crippen molar-refractivity contribution in [3.05, 3.63) is 71.8 Å². The molecular formula is C15H13ClN2O. The van der Waals surface area contributed by atoms with E-state index in [9.17, 15) is 4.79 Å². The van der Waals surface area contributed by atoms with Gasteiger partial charge in [0.2, 0.25) is 0 Å². The minimum absolute atomic E-state index is 0.235. The number of nitrogens with zero attached hydrogens (tertiary/aromatic N) is 1. The third-order valence-electron chi connectivity index (χ3n) is 2.56. The highest BCUT2D eigenvalue weighted by atomic mass is 35.5. The molecule has 4 heteroatoms. The minimum Gasteiger partial charge on any atom is -0.267 e. The molecule has 2 aromatic rings. The van der Waals surface area contributed by atoms with E-state index in [1.54, 1.807) is 24.3 Å². The average Bonchev–Trinajstić information content (AvgIpc) is 2.49. The van der Waals surface area contributed by atoms with Crippen molar-refractivity contribution in [2.24, 2.45) is 5.10 Å². The van der Waals surface area contributed by atoms with Gasteiger partial charge < -0.3 is 0 Å². The molecule has 0 aliphatic rings. The number of hydrazone groups is 1. The summed E-state index contributed by atoms with van der Waals surface area (Å²) in [7, 11) is 0. The molecule has 0 unspecified atom stereocenters. The summed E-state index contributed by atoms with van der Waals surface area (Å²) in [5.74, 6) is -0.0156. The Morgan fingerprint density at radius 1 is 0.947 bits per heavy atom. The lowest BCUT2D eigenvalue weighted by Gasteiger charge is -2.04. The van der Waals surface area contributed by atoms with Gasteiger partial charge in [-0.15, -0.1) is 11.6 Å². The van der Waals surface area contributed by atoms with Crippen LogP contribution in [0.25, 0.3) is 0 Å². The van der Waals surface area contributed by atoms with Gasteiger partial charge in [-0.2, -0.15) is 5.10 Å². The van der Waals surface area contributed by atoms with E-state index >= 15 is 0 Å². The van der Waals surface area contributed by atoms with Crippen LogP contribution in [0, 0.1) is 0 Å². The SMILES string of the molecule is O=C(N/N=C(\CCl)c1ccccc1)c1ccccc1. The smallest absolute Gasteiger partial charge is 0.267 e. The number of hydrogen-bond acceptors (Lipinski definition) is 2. The molecule has 0 bridgehead atoms. The van der Waals surface area contributed by atoms with Crippen molar-refractivity contribution < 1.29 is 4.79 Å². The van der Waals surface area contributed by atoms with Gasteiger partial charge in [0, 0.05) is 5.56 Å². The number of benzene rings is 2. The van der Waals surface area contributed by atoms with Crippen molar-refractivity contribution in [3.8, 4) is 0 Å². The van der Waals surface area contributed by atoms with Crippen LogP contribution in [0.5, 0.6) is 0 Å². The lowest BCUT2D eigenvalue weighted by molar-refractivity contribution is 0.0955. The van der Waals surface area contributed by atoms with Crippen LogP contribution in [-0.2, 0) is 0 Å². The molecule has 3 nitrogen and oxygen atoms in total. The van der Waals surface area contributed by atoms with Crippen molar-refractivity contribution in [1.29, 1.82) is 0 Å². The first-order valence-electron chi connectivity index (χ1n) is 5.84. The molecule has 0 saturated heterocycles. The normalized spacial score (nSPS) is 11.1. The Kier molecular flexibility index (Phi) is 4.70. The third kappa shape index (κ3) is 3.66. The predicted octanol–water partition coefficient (Wildman–Crippen LogP) is 3.06. The van der Waals surface area contributed by atoms with Crippen LogP contribution in [0.2, 0.25) is 0 Å². The summed E-state index contributed by atoms with van der Waals surface area (Å²) in [6, 6.07) is 18.4. The van der Waals surface area contributed by atoms with E-state index < -0.39 is 0 Å². The lowest BCUT2D eigenvalue weighted by atomic mass is 10.1. The van der Waals surface area contributed by atoms with Crippen molar-refractivity contribution in [1.82, 2.24) is 5.43 Å². The maximum absolute atomic E-state index is 11.8. The van der Waals surface area contributed by atoms with Gasteiger partial charge in [-0.05, 0) is 17.7 Å². The average molecular weight is 273 g/mol. The Morgan fingerprint density at radius 2 is 1.47 bits per heavy atom. The molecule has 0 aliphatic heterocycles. The zero-order valence-corrected chi connectivity index (χ0v) is 11.0. The minimum atomic E-state index is -0.251. The van der Waals surface area contributed by atoms with Gasteiger partial charge in [0.25, 0.3) is 5.91 Å². The number of nitrogens with one attached hydrogen (secondary N) is 1. The first-order chi connectivity index (χ1) is 9.31. The molecule has 0 atom stereocenters. The van der Waals surface area contributed by atoms with Gasteiger partial charge in [-0.25, -0.2) is 5.43 Å². The van der Waals surface area contributed by atoms with Crippen LogP contribution < -0.4 is 5.43 Å². The largest absolute Gasteiger partial charge is 0.271 e. The summed E-state index contributed by atoms with van der Waals surface area (Å²) >= 11 is 5.85. The summed E-state index contributed by atoms with van der Waals surface area (Å²) in [4.78, 5) is 11.8. The lowest BCUT2D eigenvalue weighted by Crippen LogP contribution is -2.20. The number of carbonyl (C=O) groups is 1. The van der Waals surface area contributed by atoms with E-state index in [0.717, 1.165) is 5.56 Å². The van der Waals surface area contributed by atoms with Gasteiger partial charge in [0.1, 0.15) is 0 Å². The molecule has 0 saturated carbocycles. The van der Waals surface area contributed by atoms with Crippen molar-refractivity contribution >= 4 is 23.2 Å². The fourth-order valence-electron chi connectivity index (χ4n) is 1.57. The molecule has 96 valence electrons. The summed E-state index contributed by atoms with van der Waals surface area (Å²) in [5, 5.41) is 4.07. The first kappa shape index (κ1) is 13.3. The molecular weight excluding hydrogens is 260 g/mol. The van der Waals surface area contributed by atoms with E-state index in [-0.39, 0.29) is 11.8 Å². The maximum Gasteiger partial charge on any atom is 0.271 e. The molecule has 0 aliphatic carbocycles. The van der Waals surface area contributed by atoms with Crippen LogP contribution in [0.3, 0.4) is 0 Å². The van der Waals surface area contributed by atoms with Gasteiger partial charge in [0.15, 0.2) is 0 Å². The van der Waals surface area contributed by atoms with E-state index in [4.69, 9.17) is 11.6 Å². The number of halogens is 1. The number of carbonyl (C=O) groups excluding carboxylic acids is 1. The zero-order valence-electron chi connectivity index (χ0n) is 10.2. The molecule has 2 rings (SSSR count). The number of hydrogen-bond donors (Lipinski definition) is 1. The van der Waals surface area contributed by atoms with Gasteiger partial charge in [-0.1, -0.05) is 48.5 Å². The highest BCUT2D eigenvalue weighted by Gasteiger charge is 2.05. The molecule has 0 aromatic heterocycles. The molecule has 1 amide bonds. The highest BCUT2D eigenvalue weighted by molar-refractivity contribution is 6.31. The van der Waals surface area contributed by atoms with Gasteiger partial charge in [-0.3, -0.25) is 4.79 Å². The fraction of sp³-hybridized carbons (Fsp3) is 0.0667. The van der Waals surface area contributed by atoms with E-state index in [1.165, 1.54) is 0 Å². The second kappa shape index (κ2) is 6.71. The molecule has 1 N–H and O–H groups in total. The quantitative estimate of drug-likeness (QED) is 0.519. The van der Waals surface area contributed by atoms with E-state index in [1.807, 2.05) is 36.4 Å². The molecule has 19 heavy (non-hydrogen) atoms. The molecule has 0 spiro atoms. The molecule has 2 aromatic carbocycles. The van der Waals surface area contributed by atoms with Crippen molar-refractivity contribution in [2.75, 3.05) is 5.88 Å². The molecule has 0 radical (unpaired) electrons. The Morgan fingerprint density at radius 3 is 2.00 bits per heavy atom. The second-order valence-electron chi connectivity index (χ2n) is 3.87. The van der Waals surface area contributed by atoms with Crippen LogP contribution >= 0.6 is 11.6 Å². The summed E-state index contributed by atoms with van der Waals surface area (Å²) in [6.07, 6.45) is 0. The third-order valence-corrected chi connectivity index (χ3v) is 2.82. The number of rotatable bonds is 4. The van der Waals surface area contributed by atoms with Crippen LogP contribution in [0.15, 0.2) is 65.8 Å². The molecule has 0 heterocycles. The number of alkyl halides is 1. The standard InChI is InChI=1S/C15H13ClN2O/c16-11-14(12-7-3-1-4-8-12)17-18-15(19)13-9-5-2-6-10-13/h1-10H,11H2,(H,18,19)/b17-14+. The highest BCUT2D eigenvalue weighted by Crippen LogP contribution is 2.03. The predicted molar refractivity (Wildman–Crippen MR) is 77.6 cm³/mol. The molecule has 0 fully saturated rings. The Bertz CT molecular complexity index is 567. The maximum atomic E-state index is 11.8.